The van der Waals surface area contributed by atoms with Gasteiger partial charge in [0.15, 0.2) is 0 Å². The van der Waals surface area contributed by atoms with Crippen molar-refractivity contribution in [2.24, 2.45) is 0 Å². The van der Waals surface area contributed by atoms with Crippen LogP contribution in [-0.4, -0.2) is 19.5 Å². The number of halogens is 1. The van der Waals surface area contributed by atoms with Crippen molar-refractivity contribution in [3.63, 3.8) is 0 Å². The molecule has 0 bridgehead atoms. The van der Waals surface area contributed by atoms with Crippen LogP contribution < -0.4 is 10.6 Å². The minimum Gasteiger partial charge on any atom is -0.351 e. The number of rotatable bonds is 4. The van der Waals surface area contributed by atoms with Crippen LogP contribution in [0.25, 0.3) is 0 Å². The highest BCUT2D eigenvalue weighted by atomic mass is 19.1. The van der Waals surface area contributed by atoms with E-state index in [1.165, 1.54) is 12.1 Å². The fourth-order valence-corrected chi connectivity index (χ4v) is 1.03. The quantitative estimate of drug-likeness (QED) is 0.742. The van der Waals surface area contributed by atoms with E-state index in [2.05, 4.69) is 10.6 Å². The molecule has 76 valence electrons. The van der Waals surface area contributed by atoms with Crippen LogP contribution in [0.15, 0.2) is 24.3 Å². The lowest BCUT2D eigenvalue weighted by Gasteiger charge is -2.04. The predicted octanol–water partition coefficient (Wildman–Crippen LogP) is 0.661. The van der Waals surface area contributed by atoms with E-state index in [0.717, 1.165) is 5.56 Å². The largest absolute Gasteiger partial charge is 0.351 e. The van der Waals surface area contributed by atoms with Crippen LogP contribution in [0.1, 0.15) is 5.56 Å². The summed E-state index contributed by atoms with van der Waals surface area (Å²) in [6.07, 6.45) is 0. The second-order valence-electron chi connectivity index (χ2n) is 2.93. The Kier molecular flexibility index (Phi) is 4.07. The highest BCUT2D eigenvalue weighted by Gasteiger charge is 1.98. The fourth-order valence-electron chi connectivity index (χ4n) is 1.03. The average molecular weight is 196 g/mol. The molecule has 0 fully saturated rings. The number of carbonyl (C=O) groups is 1. The molecule has 1 aromatic rings. The number of likely N-dealkylation sites (N-methyl/N-ethyl adjacent to an activating group) is 1. The van der Waals surface area contributed by atoms with Gasteiger partial charge in [0.2, 0.25) is 5.91 Å². The summed E-state index contributed by atoms with van der Waals surface area (Å²) in [4.78, 5) is 11.0. The van der Waals surface area contributed by atoms with Gasteiger partial charge in [0.25, 0.3) is 0 Å². The number of amides is 1. The van der Waals surface area contributed by atoms with E-state index in [1.807, 2.05) is 0 Å². The molecule has 1 aromatic carbocycles. The number of carbonyl (C=O) groups excluding carboxylic acids is 1. The van der Waals surface area contributed by atoms with Gasteiger partial charge in [-0.15, -0.1) is 0 Å². The summed E-state index contributed by atoms with van der Waals surface area (Å²) < 4.78 is 12.5. The van der Waals surface area contributed by atoms with Gasteiger partial charge in [0, 0.05) is 6.54 Å². The van der Waals surface area contributed by atoms with Gasteiger partial charge in [-0.2, -0.15) is 0 Å². The molecule has 0 aliphatic rings. The first kappa shape index (κ1) is 10.7. The zero-order chi connectivity index (χ0) is 10.4. The van der Waals surface area contributed by atoms with Crippen LogP contribution in [0.4, 0.5) is 4.39 Å². The Bertz CT molecular complexity index is 297. The van der Waals surface area contributed by atoms with E-state index < -0.39 is 0 Å². The maximum Gasteiger partial charge on any atom is 0.234 e. The molecule has 14 heavy (non-hydrogen) atoms. The van der Waals surface area contributed by atoms with E-state index in [-0.39, 0.29) is 11.7 Å². The lowest BCUT2D eigenvalue weighted by Crippen LogP contribution is -2.31. The molecule has 0 heterocycles. The Morgan fingerprint density at radius 2 is 2.00 bits per heavy atom. The van der Waals surface area contributed by atoms with E-state index in [0.29, 0.717) is 13.1 Å². The summed E-state index contributed by atoms with van der Waals surface area (Å²) in [7, 11) is 1.71. The van der Waals surface area contributed by atoms with E-state index in [9.17, 15) is 9.18 Å². The fraction of sp³-hybridized carbons (Fsp3) is 0.300. The summed E-state index contributed by atoms with van der Waals surface area (Å²) in [5.74, 6) is -0.341. The minimum atomic E-state index is -0.268. The summed E-state index contributed by atoms with van der Waals surface area (Å²) in [6, 6.07) is 6.04. The summed E-state index contributed by atoms with van der Waals surface area (Å²) in [5, 5.41) is 5.44. The van der Waals surface area contributed by atoms with Crippen LogP contribution in [0.5, 0.6) is 0 Å². The lowest BCUT2D eigenvalue weighted by atomic mass is 10.2. The van der Waals surface area contributed by atoms with Crippen molar-refractivity contribution in [1.29, 1.82) is 0 Å². The Morgan fingerprint density at radius 1 is 1.36 bits per heavy atom. The highest BCUT2D eigenvalue weighted by molar-refractivity contribution is 5.77. The number of hydrogen-bond donors (Lipinski definition) is 2. The summed E-state index contributed by atoms with van der Waals surface area (Å²) in [5.41, 5.74) is 0.885. The summed E-state index contributed by atoms with van der Waals surface area (Å²) in [6.45, 7) is 0.724. The van der Waals surface area contributed by atoms with Gasteiger partial charge in [-0.1, -0.05) is 12.1 Å². The number of nitrogens with one attached hydrogen (secondary N) is 2. The molecule has 0 radical (unpaired) electrons. The summed E-state index contributed by atoms with van der Waals surface area (Å²) >= 11 is 0. The highest BCUT2D eigenvalue weighted by Crippen LogP contribution is 2.01. The smallest absolute Gasteiger partial charge is 0.234 e. The Hall–Kier alpha value is -1.42. The second-order valence-corrected chi connectivity index (χ2v) is 2.93. The van der Waals surface area contributed by atoms with Crippen LogP contribution >= 0.6 is 0 Å². The topological polar surface area (TPSA) is 41.1 Å². The second kappa shape index (κ2) is 5.34. The monoisotopic (exact) mass is 196 g/mol. The zero-order valence-corrected chi connectivity index (χ0v) is 8.01. The maximum absolute atomic E-state index is 12.5. The van der Waals surface area contributed by atoms with Crippen molar-refractivity contribution in [3.05, 3.63) is 35.6 Å². The molecule has 1 amide bonds. The van der Waals surface area contributed by atoms with Crippen LogP contribution in [-0.2, 0) is 11.3 Å². The van der Waals surface area contributed by atoms with Crippen molar-refractivity contribution in [3.8, 4) is 0 Å². The average Bonchev–Trinajstić information content (AvgIpc) is 2.17. The predicted molar refractivity (Wildman–Crippen MR) is 52.2 cm³/mol. The molecule has 0 spiro atoms. The first-order chi connectivity index (χ1) is 6.72. The van der Waals surface area contributed by atoms with Gasteiger partial charge in [-0.25, -0.2) is 4.39 Å². The molecule has 0 saturated carbocycles. The molecular formula is C10H13FN2O. The van der Waals surface area contributed by atoms with Crippen molar-refractivity contribution >= 4 is 5.91 Å². The van der Waals surface area contributed by atoms with Crippen LogP contribution in [0.3, 0.4) is 0 Å². The molecule has 4 heteroatoms. The van der Waals surface area contributed by atoms with Gasteiger partial charge in [-0.05, 0) is 24.7 Å². The van der Waals surface area contributed by atoms with Crippen molar-refractivity contribution in [1.82, 2.24) is 10.6 Å². The third kappa shape index (κ3) is 3.53. The van der Waals surface area contributed by atoms with E-state index in [4.69, 9.17) is 0 Å². The number of hydrogen-bond acceptors (Lipinski definition) is 2. The van der Waals surface area contributed by atoms with Crippen molar-refractivity contribution < 1.29 is 9.18 Å². The third-order valence-electron chi connectivity index (χ3n) is 1.74. The maximum atomic E-state index is 12.5. The Labute approximate surface area is 82.3 Å². The molecule has 0 aliphatic carbocycles. The van der Waals surface area contributed by atoms with Gasteiger partial charge < -0.3 is 10.6 Å². The van der Waals surface area contributed by atoms with E-state index in [1.54, 1.807) is 19.2 Å². The van der Waals surface area contributed by atoms with Gasteiger partial charge in [-0.3, -0.25) is 4.79 Å². The minimum absolute atomic E-state index is 0.0724. The number of benzene rings is 1. The van der Waals surface area contributed by atoms with Crippen molar-refractivity contribution in [2.75, 3.05) is 13.6 Å². The Morgan fingerprint density at radius 3 is 2.57 bits per heavy atom. The molecule has 0 aromatic heterocycles. The first-order valence-electron chi connectivity index (χ1n) is 4.38. The van der Waals surface area contributed by atoms with E-state index >= 15 is 0 Å². The first-order valence-corrected chi connectivity index (χ1v) is 4.38. The standard InChI is InChI=1S/C10H13FN2O/c1-12-7-10(14)13-6-8-2-4-9(11)5-3-8/h2-5,12H,6-7H2,1H3,(H,13,14). The van der Waals surface area contributed by atoms with Crippen LogP contribution in [0.2, 0.25) is 0 Å². The van der Waals surface area contributed by atoms with Crippen molar-refractivity contribution in [2.45, 2.75) is 6.54 Å². The normalized spacial score (nSPS) is 9.86. The van der Waals surface area contributed by atoms with Gasteiger partial charge in [0.1, 0.15) is 5.82 Å². The Balaban J connectivity index is 2.38. The molecule has 0 atom stereocenters. The molecule has 3 nitrogen and oxygen atoms in total. The molecular weight excluding hydrogens is 183 g/mol. The van der Waals surface area contributed by atoms with Gasteiger partial charge in [0.05, 0.1) is 6.54 Å². The molecule has 0 aliphatic heterocycles. The molecule has 0 unspecified atom stereocenters. The third-order valence-corrected chi connectivity index (χ3v) is 1.74. The lowest BCUT2D eigenvalue weighted by molar-refractivity contribution is -0.120. The SMILES string of the molecule is CNCC(=O)NCc1ccc(F)cc1. The molecule has 0 saturated heterocycles. The van der Waals surface area contributed by atoms with Crippen LogP contribution in [0, 0.1) is 5.82 Å². The molecule has 2 N–H and O–H groups in total. The van der Waals surface area contributed by atoms with Gasteiger partial charge >= 0.3 is 0 Å². The zero-order valence-electron chi connectivity index (χ0n) is 8.01. The molecule has 1 rings (SSSR count).